The molecule has 104 valence electrons. The van der Waals surface area contributed by atoms with Crippen molar-refractivity contribution in [1.82, 2.24) is 0 Å². The summed E-state index contributed by atoms with van der Waals surface area (Å²) in [6.07, 6.45) is 3.45. The number of anilines is 2. The van der Waals surface area contributed by atoms with Gasteiger partial charge in [-0.2, -0.15) is 0 Å². The molecule has 5 N–H and O–H groups in total. The van der Waals surface area contributed by atoms with Crippen molar-refractivity contribution in [2.24, 2.45) is 5.73 Å². The standard InChI is InChI=1S/C15H17N3OS/c16-12-5-4-9(8-11(12)15(17)19)18-13-2-1-3-14-10(13)6-7-20-14/h4-8,13,18H,1-3,16H2,(H2,17,19). The van der Waals surface area contributed by atoms with Crippen LogP contribution < -0.4 is 16.8 Å². The number of nitrogens with two attached hydrogens (primary N) is 2. The van der Waals surface area contributed by atoms with E-state index in [0.29, 0.717) is 17.3 Å². The number of carbonyl (C=O) groups is 1. The molecular formula is C15H17N3OS. The summed E-state index contributed by atoms with van der Waals surface area (Å²) in [4.78, 5) is 12.8. The molecule has 4 nitrogen and oxygen atoms in total. The first kappa shape index (κ1) is 13.0. The molecule has 1 aromatic heterocycles. The van der Waals surface area contributed by atoms with Gasteiger partial charge in [-0.05, 0) is 54.5 Å². The van der Waals surface area contributed by atoms with Gasteiger partial charge in [0.1, 0.15) is 0 Å². The Bertz CT molecular complexity index is 650. The van der Waals surface area contributed by atoms with E-state index in [4.69, 9.17) is 11.5 Å². The minimum atomic E-state index is -0.494. The molecule has 1 aliphatic rings. The van der Waals surface area contributed by atoms with Crippen LogP contribution in [0.25, 0.3) is 0 Å². The largest absolute Gasteiger partial charge is 0.398 e. The van der Waals surface area contributed by atoms with E-state index in [1.165, 1.54) is 23.3 Å². The molecule has 20 heavy (non-hydrogen) atoms. The second-order valence-electron chi connectivity index (χ2n) is 5.05. The van der Waals surface area contributed by atoms with E-state index in [-0.39, 0.29) is 0 Å². The van der Waals surface area contributed by atoms with Crippen molar-refractivity contribution in [3.8, 4) is 0 Å². The second-order valence-corrected chi connectivity index (χ2v) is 6.06. The van der Waals surface area contributed by atoms with E-state index in [9.17, 15) is 4.79 Å². The van der Waals surface area contributed by atoms with E-state index in [2.05, 4.69) is 16.8 Å². The van der Waals surface area contributed by atoms with E-state index in [1.807, 2.05) is 17.4 Å². The molecule has 0 radical (unpaired) electrons. The van der Waals surface area contributed by atoms with Crippen molar-refractivity contribution < 1.29 is 4.79 Å². The number of primary amides is 1. The Hall–Kier alpha value is -2.01. The summed E-state index contributed by atoms with van der Waals surface area (Å²) in [5.41, 5.74) is 14.1. The van der Waals surface area contributed by atoms with Crippen LogP contribution in [0.1, 0.15) is 39.7 Å². The lowest BCUT2D eigenvalue weighted by atomic mass is 9.93. The molecule has 0 bridgehead atoms. The van der Waals surface area contributed by atoms with Gasteiger partial charge >= 0.3 is 0 Å². The Kier molecular flexibility index (Phi) is 3.36. The van der Waals surface area contributed by atoms with Crippen LogP contribution in [0, 0.1) is 0 Å². The third-order valence-electron chi connectivity index (χ3n) is 3.71. The van der Waals surface area contributed by atoms with E-state index >= 15 is 0 Å². The summed E-state index contributed by atoms with van der Waals surface area (Å²) in [6.45, 7) is 0. The molecule has 1 amide bonds. The number of nitrogen functional groups attached to an aromatic ring is 1. The SMILES string of the molecule is NC(=O)c1cc(NC2CCCc3sccc32)ccc1N. The van der Waals surface area contributed by atoms with Gasteiger partial charge in [-0.15, -0.1) is 11.3 Å². The van der Waals surface area contributed by atoms with Gasteiger partial charge in [-0.1, -0.05) is 0 Å². The van der Waals surface area contributed by atoms with Crippen molar-refractivity contribution in [3.05, 3.63) is 45.6 Å². The van der Waals surface area contributed by atoms with Crippen LogP contribution in [0.5, 0.6) is 0 Å². The van der Waals surface area contributed by atoms with Crippen LogP contribution in [0.15, 0.2) is 29.6 Å². The fraction of sp³-hybridized carbons (Fsp3) is 0.267. The van der Waals surface area contributed by atoms with Crippen LogP contribution in [0.4, 0.5) is 11.4 Å². The number of hydrogen-bond acceptors (Lipinski definition) is 4. The van der Waals surface area contributed by atoms with Gasteiger partial charge in [0.2, 0.25) is 0 Å². The van der Waals surface area contributed by atoms with Crippen molar-refractivity contribution in [2.75, 3.05) is 11.1 Å². The maximum absolute atomic E-state index is 11.3. The zero-order valence-electron chi connectivity index (χ0n) is 11.1. The molecule has 0 spiro atoms. The number of fused-ring (bicyclic) bond motifs is 1. The number of amides is 1. The average Bonchev–Trinajstić information content (AvgIpc) is 2.90. The van der Waals surface area contributed by atoms with Crippen LogP contribution in [-0.2, 0) is 6.42 Å². The van der Waals surface area contributed by atoms with Gasteiger partial charge in [0.15, 0.2) is 0 Å². The fourth-order valence-electron chi connectivity index (χ4n) is 2.70. The topological polar surface area (TPSA) is 81.1 Å². The molecule has 1 aromatic carbocycles. The molecule has 0 fully saturated rings. The van der Waals surface area contributed by atoms with Gasteiger partial charge < -0.3 is 16.8 Å². The number of carbonyl (C=O) groups excluding carboxylic acids is 1. The monoisotopic (exact) mass is 287 g/mol. The lowest BCUT2D eigenvalue weighted by Crippen LogP contribution is -2.17. The van der Waals surface area contributed by atoms with E-state index in [1.54, 1.807) is 12.1 Å². The third kappa shape index (κ3) is 2.36. The van der Waals surface area contributed by atoms with Gasteiger partial charge in [0.05, 0.1) is 11.6 Å². The molecule has 1 heterocycles. The summed E-state index contributed by atoms with van der Waals surface area (Å²) in [5, 5.41) is 5.63. The Balaban J connectivity index is 1.86. The maximum Gasteiger partial charge on any atom is 0.250 e. The average molecular weight is 287 g/mol. The molecule has 1 atom stereocenters. The highest BCUT2D eigenvalue weighted by atomic mass is 32.1. The van der Waals surface area contributed by atoms with Gasteiger partial charge in [-0.25, -0.2) is 0 Å². The smallest absolute Gasteiger partial charge is 0.250 e. The molecule has 1 aliphatic carbocycles. The molecular weight excluding hydrogens is 270 g/mol. The van der Waals surface area contributed by atoms with E-state index < -0.39 is 5.91 Å². The number of hydrogen-bond donors (Lipinski definition) is 3. The summed E-state index contributed by atoms with van der Waals surface area (Å²) in [5.74, 6) is -0.494. The summed E-state index contributed by atoms with van der Waals surface area (Å²) < 4.78 is 0. The minimum absolute atomic E-state index is 0.300. The third-order valence-corrected chi connectivity index (χ3v) is 4.71. The first-order chi connectivity index (χ1) is 9.65. The van der Waals surface area contributed by atoms with Crippen LogP contribution in [0.3, 0.4) is 0 Å². The lowest BCUT2D eigenvalue weighted by Gasteiger charge is -2.25. The molecule has 3 rings (SSSR count). The molecule has 0 saturated heterocycles. The zero-order valence-corrected chi connectivity index (χ0v) is 11.9. The van der Waals surface area contributed by atoms with Crippen LogP contribution in [0.2, 0.25) is 0 Å². The predicted octanol–water partition coefficient (Wildman–Crippen LogP) is 2.92. The molecule has 2 aromatic rings. The molecule has 1 unspecified atom stereocenters. The predicted molar refractivity (Wildman–Crippen MR) is 83.0 cm³/mol. The number of nitrogens with one attached hydrogen (secondary N) is 1. The molecule has 0 saturated carbocycles. The van der Waals surface area contributed by atoms with Gasteiger partial charge in [-0.3, -0.25) is 4.79 Å². The normalized spacial score (nSPS) is 17.5. The maximum atomic E-state index is 11.3. The van der Waals surface area contributed by atoms with Crippen molar-refractivity contribution >= 4 is 28.6 Å². The lowest BCUT2D eigenvalue weighted by molar-refractivity contribution is 0.100. The number of benzene rings is 1. The second kappa shape index (κ2) is 5.17. The zero-order chi connectivity index (χ0) is 14.1. The fourth-order valence-corrected chi connectivity index (χ4v) is 3.68. The van der Waals surface area contributed by atoms with Crippen molar-refractivity contribution in [1.29, 1.82) is 0 Å². The highest BCUT2D eigenvalue weighted by Crippen LogP contribution is 2.35. The van der Waals surface area contributed by atoms with E-state index in [0.717, 1.165) is 12.1 Å². The van der Waals surface area contributed by atoms with Crippen LogP contribution in [-0.4, -0.2) is 5.91 Å². The first-order valence-corrected chi connectivity index (χ1v) is 7.55. The Morgan fingerprint density at radius 1 is 1.35 bits per heavy atom. The number of aryl methyl sites for hydroxylation is 1. The molecule has 0 aliphatic heterocycles. The first-order valence-electron chi connectivity index (χ1n) is 6.67. The summed E-state index contributed by atoms with van der Waals surface area (Å²) in [6, 6.07) is 7.83. The Labute approximate surface area is 121 Å². The minimum Gasteiger partial charge on any atom is -0.398 e. The quantitative estimate of drug-likeness (QED) is 0.759. The molecule has 5 heteroatoms. The van der Waals surface area contributed by atoms with Gasteiger partial charge in [0.25, 0.3) is 5.91 Å². The van der Waals surface area contributed by atoms with Crippen molar-refractivity contribution in [3.63, 3.8) is 0 Å². The number of thiophene rings is 1. The van der Waals surface area contributed by atoms with Crippen LogP contribution >= 0.6 is 11.3 Å². The number of rotatable bonds is 3. The Morgan fingerprint density at radius 2 is 2.20 bits per heavy atom. The summed E-state index contributed by atoms with van der Waals surface area (Å²) >= 11 is 1.82. The Morgan fingerprint density at radius 3 is 3.00 bits per heavy atom. The summed E-state index contributed by atoms with van der Waals surface area (Å²) in [7, 11) is 0. The highest BCUT2D eigenvalue weighted by molar-refractivity contribution is 7.10. The van der Waals surface area contributed by atoms with Crippen molar-refractivity contribution in [2.45, 2.75) is 25.3 Å². The van der Waals surface area contributed by atoms with Gasteiger partial charge in [0, 0.05) is 16.3 Å². The highest BCUT2D eigenvalue weighted by Gasteiger charge is 2.21.